The van der Waals surface area contributed by atoms with E-state index in [-0.39, 0.29) is 0 Å². The maximum Gasteiger partial charge on any atom is 0.253 e. The summed E-state index contributed by atoms with van der Waals surface area (Å²) in [5.41, 5.74) is 25.6. The lowest BCUT2D eigenvalue weighted by atomic mass is 9.95. The normalized spacial score (nSPS) is 17.1. The van der Waals surface area contributed by atoms with E-state index in [2.05, 4.69) is 125 Å². The fourth-order valence-electron chi connectivity index (χ4n) is 12.0. The first kappa shape index (κ1) is 48.8. The predicted octanol–water partition coefficient (Wildman–Crippen LogP) is 9.68. The number of hydrogen-bond donors (Lipinski definition) is 4. The highest BCUT2D eigenvalue weighted by atomic mass is 16.1. The molecule has 5 heterocycles. The fraction of sp³-hybridized carbons (Fsp3) is 0.464. The first-order chi connectivity index (χ1) is 35.0. The molecule has 16 heteroatoms. The van der Waals surface area contributed by atoms with Gasteiger partial charge < -0.3 is 50.2 Å². The lowest BCUT2D eigenvalue weighted by Gasteiger charge is -2.29. The van der Waals surface area contributed by atoms with Gasteiger partial charge >= 0.3 is 0 Å². The minimum Gasteiger partial charge on any atom is -0.373 e. The van der Waals surface area contributed by atoms with E-state index in [1.807, 2.05) is 19.7 Å². The summed E-state index contributed by atoms with van der Waals surface area (Å²) in [6.07, 6.45) is 22.4. The average Bonchev–Trinajstić information content (AvgIpc) is 4.27. The Morgan fingerprint density at radius 2 is 1.11 bits per heavy atom. The van der Waals surface area contributed by atoms with Crippen LogP contribution in [0, 0.1) is 0 Å². The number of rotatable bonds is 15. The number of likely N-dealkylation sites (tertiary alicyclic amines) is 1. The van der Waals surface area contributed by atoms with Crippen molar-refractivity contribution in [3.05, 3.63) is 85.0 Å². The number of nitrogens with two attached hydrogens (primary N) is 2. The number of H-pyrrole nitrogens is 2. The van der Waals surface area contributed by atoms with Gasteiger partial charge in [-0.3, -0.25) is 9.59 Å². The van der Waals surface area contributed by atoms with Crippen LogP contribution in [-0.4, -0.2) is 127 Å². The third-order valence-electron chi connectivity index (χ3n) is 16.2. The highest BCUT2D eigenvalue weighted by Gasteiger charge is 2.28. The Hall–Kier alpha value is -6.78. The Bertz CT molecular complexity index is 3200. The molecule has 1 unspecified atom stereocenters. The summed E-state index contributed by atoms with van der Waals surface area (Å²) >= 11 is 0. The van der Waals surface area contributed by atoms with E-state index in [0.29, 0.717) is 40.3 Å². The van der Waals surface area contributed by atoms with E-state index < -0.39 is 11.8 Å². The van der Waals surface area contributed by atoms with Crippen molar-refractivity contribution in [2.75, 3.05) is 70.2 Å². The highest BCUT2D eigenvalue weighted by molar-refractivity contribution is 6.14. The predicted molar refractivity (Wildman–Crippen MR) is 291 cm³/mol. The van der Waals surface area contributed by atoms with Gasteiger partial charge in [0.25, 0.3) is 11.8 Å². The molecule has 11 rings (SSSR count). The molecular formula is C56H72N14O2. The molecule has 8 aromatic rings. The van der Waals surface area contributed by atoms with Gasteiger partial charge in [0.1, 0.15) is 0 Å². The number of carbonyl (C=O) groups excluding carboxylic acids is 2. The number of carbonyl (C=O) groups is 2. The van der Waals surface area contributed by atoms with Crippen molar-refractivity contribution in [3.8, 4) is 22.3 Å². The van der Waals surface area contributed by atoms with Gasteiger partial charge in [-0.25, -0.2) is 19.9 Å². The quantitative estimate of drug-likeness (QED) is 0.0769. The molecule has 0 spiro atoms. The highest BCUT2D eigenvalue weighted by Crippen LogP contribution is 2.40. The third-order valence-corrected chi connectivity index (χ3v) is 16.2. The molecule has 1 aliphatic heterocycles. The molecule has 2 amide bonds. The molecule has 3 aliphatic rings. The molecule has 2 aliphatic carbocycles. The summed E-state index contributed by atoms with van der Waals surface area (Å²) in [6.45, 7) is 9.95. The molecular weight excluding hydrogens is 901 g/mol. The van der Waals surface area contributed by atoms with Crippen LogP contribution in [0.1, 0.15) is 124 Å². The molecule has 6 N–H and O–H groups in total. The smallest absolute Gasteiger partial charge is 0.253 e. The van der Waals surface area contributed by atoms with Crippen molar-refractivity contribution < 1.29 is 9.59 Å². The number of nitrogens with one attached hydrogen (secondary N) is 2. The van der Waals surface area contributed by atoms with Gasteiger partial charge in [0.2, 0.25) is 0 Å². The molecule has 0 radical (unpaired) electrons. The van der Waals surface area contributed by atoms with E-state index in [0.717, 1.165) is 101 Å². The lowest BCUT2D eigenvalue weighted by Crippen LogP contribution is -2.37. The number of aromatic amines is 2. The number of aromatic nitrogens is 8. The SMILES string of the molecule is CCN(CC)CCN(C)c1cc(-c2ccc3c(c2)ncn3C2CCCCC2)c2nc[nH]c2c1C(N)=O.CN(CC1CCCN1C)c1cc(-c2ccc3c(c2)ncn3C2CCCCC2)c2nc[nH]c2c1C(N)=O. The summed E-state index contributed by atoms with van der Waals surface area (Å²) in [4.78, 5) is 59.4. The summed E-state index contributed by atoms with van der Waals surface area (Å²) in [6, 6.07) is 18.6. The van der Waals surface area contributed by atoms with Crippen LogP contribution in [0.4, 0.5) is 11.4 Å². The maximum absolute atomic E-state index is 12.6. The molecule has 72 heavy (non-hydrogen) atoms. The van der Waals surface area contributed by atoms with Crippen molar-refractivity contribution in [3.63, 3.8) is 0 Å². The number of likely N-dealkylation sites (N-methyl/N-ethyl adjacent to an activating group) is 4. The van der Waals surface area contributed by atoms with Crippen molar-refractivity contribution >= 4 is 67.3 Å². The summed E-state index contributed by atoms with van der Waals surface area (Å²) < 4.78 is 4.71. The topological polar surface area (TPSA) is 192 Å². The average molecular weight is 973 g/mol. The molecule has 16 nitrogen and oxygen atoms in total. The third kappa shape index (κ3) is 9.53. The minimum absolute atomic E-state index is 0.445. The van der Waals surface area contributed by atoms with Crippen molar-refractivity contribution in [1.82, 2.24) is 48.8 Å². The molecule has 4 aromatic carbocycles. The zero-order valence-electron chi connectivity index (χ0n) is 42.8. The molecule has 2 saturated carbocycles. The molecule has 0 bridgehead atoms. The fourth-order valence-corrected chi connectivity index (χ4v) is 12.0. The van der Waals surface area contributed by atoms with E-state index in [9.17, 15) is 9.59 Å². The van der Waals surface area contributed by atoms with Gasteiger partial charge in [-0.15, -0.1) is 0 Å². The summed E-state index contributed by atoms with van der Waals surface area (Å²) in [7, 11) is 6.24. The van der Waals surface area contributed by atoms with Crippen LogP contribution in [0.2, 0.25) is 0 Å². The van der Waals surface area contributed by atoms with E-state index in [1.165, 1.54) is 81.7 Å². The van der Waals surface area contributed by atoms with Crippen LogP contribution in [0.5, 0.6) is 0 Å². The number of amides is 2. The minimum atomic E-state index is -0.456. The Labute approximate surface area is 422 Å². The standard InChI is InChI=1S/C28H35N7O.C28H37N7O/c1-33-12-6-9-20(33)15-34(2)24-14-21(26-27(31-16-30-26)25(24)28(29)36)18-10-11-23-22(13-18)32-17-35(23)19-7-4-3-5-8-19;1-4-34(5-2)14-13-33(3)24-16-21(26-27(31-17-30-26)25(24)28(29)36)19-11-12-23-22(15-19)32-18-35(23)20-9-7-6-8-10-20/h10-11,13-14,16-17,19-20H,3-9,12,15H2,1-2H3,(H2,29,36)(H,30,31);11-12,15-18,20H,4-10,13-14H2,1-3H3,(H2,29,36)(H,30,31). The van der Waals surface area contributed by atoms with Gasteiger partial charge in [-0.2, -0.15) is 0 Å². The van der Waals surface area contributed by atoms with E-state index >= 15 is 0 Å². The largest absolute Gasteiger partial charge is 0.373 e. The van der Waals surface area contributed by atoms with Crippen LogP contribution in [-0.2, 0) is 0 Å². The summed E-state index contributed by atoms with van der Waals surface area (Å²) in [5, 5.41) is 0. The van der Waals surface area contributed by atoms with Crippen LogP contribution in [0.15, 0.2) is 73.8 Å². The summed E-state index contributed by atoms with van der Waals surface area (Å²) in [5.74, 6) is -0.902. The van der Waals surface area contributed by atoms with Crippen molar-refractivity contribution in [1.29, 1.82) is 0 Å². The van der Waals surface area contributed by atoms with Crippen LogP contribution < -0.4 is 21.3 Å². The maximum atomic E-state index is 12.6. The zero-order chi connectivity index (χ0) is 50.0. The Kier molecular flexibility index (Phi) is 14.3. The number of imidazole rings is 4. The zero-order valence-corrected chi connectivity index (χ0v) is 42.8. The van der Waals surface area contributed by atoms with Gasteiger partial charge in [0.15, 0.2) is 0 Å². The molecule has 3 fully saturated rings. The monoisotopic (exact) mass is 973 g/mol. The second-order valence-corrected chi connectivity index (χ2v) is 20.5. The first-order valence-corrected chi connectivity index (χ1v) is 26.4. The van der Waals surface area contributed by atoms with Crippen LogP contribution >= 0.6 is 0 Å². The number of fused-ring (bicyclic) bond motifs is 4. The number of benzene rings is 4. The number of anilines is 2. The van der Waals surface area contributed by atoms with Crippen LogP contribution in [0.25, 0.3) is 66.4 Å². The number of hydrogen-bond acceptors (Lipinski definition) is 10. The van der Waals surface area contributed by atoms with Gasteiger partial charge in [0, 0.05) is 63.0 Å². The Morgan fingerprint density at radius 1 is 0.625 bits per heavy atom. The second-order valence-electron chi connectivity index (χ2n) is 20.5. The molecule has 378 valence electrons. The lowest BCUT2D eigenvalue weighted by molar-refractivity contribution is 0.0993. The van der Waals surface area contributed by atoms with E-state index in [1.54, 1.807) is 12.7 Å². The first-order valence-electron chi connectivity index (χ1n) is 26.4. The second kappa shape index (κ2) is 21.1. The molecule has 1 atom stereocenters. The number of primary amides is 2. The van der Waals surface area contributed by atoms with Crippen molar-refractivity contribution in [2.45, 2.75) is 109 Å². The van der Waals surface area contributed by atoms with Crippen LogP contribution in [0.3, 0.4) is 0 Å². The molecule has 1 saturated heterocycles. The van der Waals surface area contributed by atoms with E-state index in [4.69, 9.17) is 21.4 Å². The van der Waals surface area contributed by atoms with Crippen molar-refractivity contribution in [2.24, 2.45) is 11.5 Å². The Morgan fingerprint density at radius 3 is 1.56 bits per heavy atom. The van der Waals surface area contributed by atoms with Gasteiger partial charge in [0.05, 0.1) is 91.9 Å². The van der Waals surface area contributed by atoms with Gasteiger partial charge in [-0.05, 0) is 113 Å². The number of nitrogens with zero attached hydrogens (tertiary/aromatic N) is 10. The van der Waals surface area contributed by atoms with Gasteiger partial charge in [-0.1, -0.05) is 64.5 Å². The Balaban J connectivity index is 0.000000166. The molecule has 4 aromatic heterocycles.